The Hall–Kier alpha value is -3.69. The maximum atomic E-state index is 13.9. The fraction of sp³-hybridized carbons (Fsp3) is 0.481. The van der Waals surface area contributed by atoms with E-state index in [0.717, 1.165) is 12.0 Å². The molecule has 1 fully saturated rings. The maximum Gasteiger partial charge on any atom is 0.522 e. The van der Waals surface area contributed by atoms with Crippen molar-refractivity contribution in [2.45, 2.75) is 63.2 Å². The predicted octanol–water partition coefficient (Wildman–Crippen LogP) is 7.69. The number of alkyl halides is 9. The molecule has 236 valence electrons. The van der Waals surface area contributed by atoms with Gasteiger partial charge in [-0.15, -0.1) is 13.2 Å². The number of ether oxygens (including phenoxy) is 3. The first-order valence-electron chi connectivity index (χ1n) is 12.9. The first kappa shape index (κ1) is 32.2. The number of para-hydroxylation sites is 1. The summed E-state index contributed by atoms with van der Waals surface area (Å²) in [7, 11) is 0.847. The molecule has 0 N–H and O–H groups in total. The smallest absolute Gasteiger partial charge is 0.453 e. The minimum atomic E-state index is -5.33. The van der Waals surface area contributed by atoms with Crippen molar-refractivity contribution in [3.8, 4) is 0 Å². The molecular weight excluding hydrogens is 603 g/mol. The highest BCUT2D eigenvalue weighted by molar-refractivity contribution is 5.91. The Morgan fingerprint density at radius 1 is 0.930 bits per heavy atom. The standard InChI is InChI=1S/C27H25F9N2O5/c1-3-42-24(40)38-19-7-5-4-6-18(19)21(22(43-27(34,35)36)20(38)15-8-9-15)37(23(39)41-2)13-14-10-16(25(28,29)30)12-17(11-14)26(31,32)33/h4-7,10-12,15,20-22H,3,8-9,13H2,1-2H3/t20-,21?,22+/m1/s1. The van der Waals surface area contributed by atoms with Gasteiger partial charge in [0.25, 0.3) is 0 Å². The van der Waals surface area contributed by atoms with Crippen LogP contribution in [-0.4, -0.2) is 49.3 Å². The van der Waals surface area contributed by atoms with Crippen LogP contribution in [0.4, 0.5) is 54.8 Å². The van der Waals surface area contributed by atoms with Crippen LogP contribution in [-0.2, 0) is 33.1 Å². The molecule has 4 rings (SSSR count). The number of methoxy groups -OCH3 is 1. The lowest BCUT2D eigenvalue weighted by Crippen LogP contribution is -2.60. The van der Waals surface area contributed by atoms with E-state index in [1.165, 1.54) is 31.2 Å². The Morgan fingerprint density at radius 2 is 1.51 bits per heavy atom. The van der Waals surface area contributed by atoms with Crippen LogP contribution in [0.15, 0.2) is 42.5 Å². The number of carbonyl (C=O) groups is 2. The monoisotopic (exact) mass is 628 g/mol. The fourth-order valence-corrected chi connectivity index (χ4v) is 5.29. The molecule has 2 aromatic rings. The van der Waals surface area contributed by atoms with Crippen LogP contribution < -0.4 is 4.90 Å². The molecule has 2 aromatic carbocycles. The number of halogens is 9. The quantitative estimate of drug-likeness (QED) is 0.307. The van der Waals surface area contributed by atoms with Crippen molar-refractivity contribution >= 4 is 17.9 Å². The van der Waals surface area contributed by atoms with Crippen molar-refractivity contribution in [2.75, 3.05) is 18.6 Å². The zero-order valence-corrected chi connectivity index (χ0v) is 22.5. The van der Waals surface area contributed by atoms with Crippen molar-refractivity contribution in [2.24, 2.45) is 5.92 Å². The Bertz CT molecular complexity index is 1310. The summed E-state index contributed by atoms with van der Waals surface area (Å²) in [5.41, 5.74) is -4.13. The van der Waals surface area contributed by atoms with E-state index in [4.69, 9.17) is 9.47 Å². The molecule has 7 nitrogen and oxygen atoms in total. The number of hydrogen-bond donors (Lipinski definition) is 0. The lowest BCUT2D eigenvalue weighted by molar-refractivity contribution is -0.351. The Kier molecular flexibility index (Phi) is 8.82. The highest BCUT2D eigenvalue weighted by atomic mass is 19.4. The number of nitrogens with zero attached hydrogens (tertiary/aromatic N) is 2. The van der Waals surface area contributed by atoms with E-state index in [1.807, 2.05) is 0 Å². The molecule has 43 heavy (non-hydrogen) atoms. The summed E-state index contributed by atoms with van der Waals surface area (Å²) in [6.07, 6.45) is -19.5. The van der Waals surface area contributed by atoms with Crippen LogP contribution >= 0.6 is 0 Å². The van der Waals surface area contributed by atoms with Crippen molar-refractivity contribution in [3.63, 3.8) is 0 Å². The molecule has 1 aliphatic heterocycles. The van der Waals surface area contributed by atoms with Gasteiger partial charge >= 0.3 is 30.9 Å². The summed E-state index contributed by atoms with van der Waals surface area (Å²) in [5, 5.41) is 0. The zero-order chi connectivity index (χ0) is 31.9. The fourth-order valence-electron chi connectivity index (χ4n) is 5.29. The van der Waals surface area contributed by atoms with E-state index >= 15 is 0 Å². The second-order valence-corrected chi connectivity index (χ2v) is 9.94. The van der Waals surface area contributed by atoms with Crippen LogP contribution in [0, 0.1) is 5.92 Å². The molecule has 16 heteroatoms. The van der Waals surface area contributed by atoms with Gasteiger partial charge in [0.1, 0.15) is 6.10 Å². The Morgan fingerprint density at radius 3 is 2.00 bits per heavy atom. The van der Waals surface area contributed by atoms with Crippen molar-refractivity contribution in [3.05, 3.63) is 64.7 Å². The van der Waals surface area contributed by atoms with Crippen LogP contribution in [0.1, 0.15) is 48.1 Å². The van der Waals surface area contributed by atoms with Gasteiger partial charge in [0.15, 0.2) is 0 Å². The molecule has 1 unspecified atom stereocenters. The number of fused-ring (bicyclic) bond motifs is 1. The summed E-state index contributed by atoms with van der Waals surface area (Å²) in [4.78, 5) is 27.8. The average molecular weight is 628 g/mol. The normalized spacial score (nSPS) is 20.8. The van der Waals surface area contributed by atoms with E-state index in [2.05, 4.69) is 4.74 Å². The van der Waals surface area contributed by atoms with Gasteiger partial charge in [-0.1, -0.05) is 18.2 Å². The van der Waals surface area contributed by atoms with Gasteiger partial charge in [-0.3, -0.25) is 14.5 Å². The van der Waals surface area contributed by atoms with Crippen LogP contribution in [0.3, 0.4) is 0 Å². The molecule has 2 amide bonds. The van der Waals surface area contributed by atoms with Gasteiger partial charge in [0.2, 0.25) is 0 Å². The Labute approximate surface area is 239 Å². The number of rotatable bonds is 6. The van der Waals surface area contributed by atoms with Crippen LogP contribution in [0.25, 0.3) is 0 Å². The van der Waals surface area contributed by atoms with Crippen LogP contribution in [0.2, 0.25) is 0 Å². The number of hydrogen-bond acceptors (Lipinski definition) is 5. The molecular formula is C27H25F9N2O5. The van der Waals surface area contributed by atoms with Crippen LogP contribution in [0.5, 0.6) is 0 Å². The average Bonchev–Trinajstić information content (AvgIpc) is 3.74. The number of benzene rings is 2. The first-order chi connectivity index (χ1) is 20.0. The second kappa shape index (κ2) is 11.8. The SMILES string of the molecule is CCOC(=O)N1c2ccccc2C(N(Cc2cc(C(F)(F)F)cc(C(F)(F)F)c2)C(=O)OC)[C@@H](OC(F)(F)F)[C@H]1C1CC1. The minimum absolute atomic E-state index is 0.0267. The molecule has 1 heterocycles. The van der Waals surface area contributed by atoms with Gasteiger partial charge < -0.3 is 9.47 Å². The molecule has 0 saturated heterocycles. The zero-order valence-electron chi connectivity index (χ0n) is 22.5. The van der Waals surface area contributed by atoms with Gasteiger partial charge in [-0.2, -0.15) is 26.3 Å². The van der Waals surface area contributed by atoms with Gasteiger partial charge in [-0.25, -0.2) is 9.59 Å². The first-order valence-corrected chi connectivity index (χ1v) is 12.9. The third-order valence-electron chi connectivity index (χ3n) is 7.05. The molecule has 0 spiro atoms. The number of amides is 2. The Balaban J connectivity index is 1.93. The minimum Gasteiger partial charge on any atom is -0.453 e. The highest BCUT2D eigenvalue weighted by Gasteiger charge is 2.56. The highest BCUT2D eigenvalue weighted by Crippen LogP contribution is 2.51. The molecule has 0 radical (unpaired) electrons. The summed E-state index contributed by atoms with van der Waals surface area (Å²) in [5.74, 6) is -0.558. The predicted molar refractivity (Wildman–Crippen MR) is 131 cm³/mol. The molecule has 0 bridgehead atoms. The third-order valence-corrected chi connectivity index (χ3v) is 7.05. The molecule has 0 aromatic heterocycles. The van der Waals surface area contributed by atoms with Crippen molar-refractivity contribution in [1.82, 2.24) is 4.90 Å². The van der Waals surface area contributed by atoms with Gasteiger partial charge in [-0.05, 0) is 55.5 Å². The van der Waals surface area contributed by atoms with E-state index in [1.54, 1.807) is 0 Å². The lowest BCUT2D eigenvalue weighted by atomic mass is 9.85. The van der Waals surface area contributed by atoms with Gasteiger partial charge in [0.05, 0.1) is 42.6 Å². The van der Waals surface area contributed by atoms with E-state index in [0.29, 0.717) is 29.9 Å². The topological polar surface area (TPSA) is 68.3 Å². The summed E-state index contributed by atoms with van der Waals surface area (Å²) in [6, 6.07) is 2.94. The third kappa shape index (κ3) is 7.11. The van der Waals surface area contributed by atoms with E-state index < -0.39 is 78.2 Å². The number of anilines is 1. The van der Waals surface area contributed by atoms with Crippen molar-refractivity contribution in [1.29, 1.82) is 0 Å². The van der Waals surface area contributed by atoms with E-state index in [-0.39, 0.29) is 23.9 Å². The van der Waals surface area contributed by atoms with Gasteiger partial charge in [0, 0.05) is 12.1 Å². The molecule has 2 aliphatic rings. The summed E-state index contributed by atoms with van der Waals surface area (Å²) in [6.45, 7) is 0.317. The summed E-state index contributed by atoms with van der Waals surface area (Å²) < 4.78 is 138. The van der Waals surface area contributed by atoms with E-state index in [9.17, 15) is 49.1 Å². The lowest BCUT2D eigenvalue weighted by Gasteiger charge is -2.48. The molecule has 3 atom stereocenters. The van der Waals surface area contributed by atoms with Crippen molar-refractivity contribution < 1.29 is 63.3 Å². The maximum absolute atomic E-state index is 13.9. The molecule has 1 saturated carbocycles. The number of carbonyl (C=O) groups excluding carboxylic acids is 2. The largest absolute Gasteiger partial charge is 0.522 e. The summed E-state index contributed by atoms with van der Waals surface area (Å²) >= 11 is 0. The second-order valence-electron chi connectivity index (χ2n) is 9.94. The molecule has 1 aliphatic carbocycles.